The Morgan fingerprint density at radius 1 is 0.867 bits per heavy atom. The van der Waals surface area contributed by atoms with Gasteiger partial charge in [-0.3, -0.25) is 0 Å². The first kappa shape index (κ1) is 14.5. The molecule has 0 fully saturated rings. The summed E-state index contributed by atoms with van der Waals surface area (Å²) in [5, 5.41) is 0. The Labute approximate surface area is 96.1 Å². The van der Waals surface area contributed by atoms with Crippen LogP contribution in [0.4, 0.5) is 0 Å². The first-order chi connectivity index (χ1) is 7.31. The molecular formula is C14H29N. The third-order valence-corrected chi connectivity index (χ3v) is 2.94. The first-order valence-corrected chi connectivity index (χ1v) is 6.72. The molecule has 0 amide bonds. The maximum atomic E-state index is 5.73. The minimum absolute atomic E-state index is 1.05. The van der Waals surface area contributed by atoms with Gasteiger partial charge in [0, 0.05) is 5.70 Å². The van der Waals surface area contributed by atoms with Crippen LogP contribution >= 0.6 is 0 Å². The highest BCUT2D eigenvalue weighted by atomic mass is 14.6. The molecule has 0 aromatic carbocycles. The summed E-state index contributed by atoms with van der Waals surface area (Å²) in [4.78, 5) is 0. The van der Waals surface area contributed by atoms with Crippen LogP contribution in [0.5, 0.6) is 0 Å². The highest BCUT2D eigenvalue weighted by Crippen LogP contribution is 2.11. The lowest BCUT2D eigenvalue weighted by atomic mass is 10.1. The van der Waals surface area contributed by atoms with Gasteiger partial charge in [0.15, 0.2) is 0 Å². The molecule has 2 N–H and O–H groups in total. The molecule has 0 heterocycles. The van der Waals surface area contributed by atoms with E-state index < -0.39 is 0 Å². The topological polar surface area (TPSA) is 26.0 Å². The summed E-state index contributed by atoms with van der Waals surface area (Å²) in [5.74, 6) is 0. The van der Waals surface area contributed by atoms with Gasteiger partial charge in [-0.1, -0.05) is 64.4 Å². The zero-order chi connectivity index (χ0) is 11.4. The fraction of sp³-hybridized carbons (Fsp3) is 0.857. The van der Waals surface area contributed by atoms with E-state index in [-0.39, 0.29) is 0 Å². The number of hydrogen-bond acceptors (Lipinski definition) is 1. The molecule has 15 heavy (non-hydrogen) atoms. The van der Waals surface area contributed by atoms with Crippen LogP contribution in [0.2, 0.25) is 0 Å². The van der Waals surface area contributed by atoms with Crippen molar-refractivity contribution in [3.8, 4) is 0 Å². The summed E-state index contributed by atoms with van der Waals surface area (Å²) in [5.41, 5.74) is 6.78. The van der Waals surface area contributed by atoms with Gasteiger partial charge in [-0.05, 0) is 19.8 Å². The second-order valence-corrected chi connectivity index (χ2v) is 4.44. The van der Waals surface area contributed by atoms with Gasteiger partial charge in [-0.25, -0.2) is 0 Å². The summed E-state index contributed by atoms with van der Waals surface area (Å²) in [6.45, 7) is 4.29. The number of allylic oxidation sites excluding steroid dienone is 2. The van der Waals surface area contributed by atoms with Crippen LogP contribution in [-0.4, -0.2) is 0 Å². The van der Waals surface area contributed by atoms with Crippen molar-refractivity contribution in [1.29, 1.82) is 0 Å². The fourth-order valence-corrected chi connectivity index (χ4v) is 1.78. The SMILES string of the molecule is C/C=C(\N)CCCCCCCCCCC. The molecule has 0 bridgehead atoms. The smallest absolute Gasteiger partial charge is 0.00371 e. The maximum Gasteiger partial charge on any atom is 0.00371 e. The van der Waals surface area contributed by atoms with Crippen LogP contribution in [0.15, 0.2) is 11.8 Å². The molecule has 0 spiro atoms. The Kier molecular flexibility index (Phi) is 11.3. The normalized spacial score (nSPS) is 12.0. The molecule has 0 saturated carbocycles. The third-order valence-electron chi connectivity index (χ3n) is 2.94. The molecule has 90 valence electrons. The number of unbranched alkanes of at least 4 members (excludes halogenated alkanes) is 8. The second kappa shape index (κ2) is 11.6. The van der Waals surface area contributed by atoms with Crippen LogP contribution in [0.25, 0.3) is 0 Å². The molecule has 1 heteroatoms. The second-order valence-electron chi connectivity index (χ2n) is 4.44. The van der Waals surface area contributed by atoms with Crippen LogP contribution < -0.4 is 5.73 Å². The molecule has 0 aromatic rings. The molecule has 0 aromatic heterocycles. The van der Waals surface area contributed by atoms with Crippen molar-refractivity contribution in [1.82, 2.24) is 0 Å². The zero-order valence-electron chi connectivity index (χ0n) is 10.7. The van der Waals surface area contributed by atoms with Crippen molar-refractivity contribution in [2.75, 3.05) is 0 Å². The van der Waals surface area contributed by atoms with Crippen molar-refractivity contribution in [3.63, 3.8) is 0 Å². The van der Waals surface area contributed by atoms with E-state index in [4.69, 9.17) is 5.73 Å². The monoisotopic (exact) mass is 211 g/mol. The molecule has 1 nitrogen and oxygen atoms in total. The van der Waals surface area contributed by atoms with E-state index in [1.807, 2.05) is 13.0 Å². The lowest BCUT2D eigenvalue weighted by Crippen LogP contribution is -1.95. The van der Waals surface area contributed by atoms with Gasteiger partial charge >= 0.3 is 0 Å². The Morgan fingerprint density at radius 2 is 1.33 bits per heavy atom. The summed E-state index contributed by atoms with van der Waals surface area (Å²) in [6.07, 6.45) is 15.6. The molecule has 0 unspecified atom stereocenters. The summed E-state index contributed by atoms with van der Waals surface area (Å²) in [7, 11) is 0. The van der Waals surface area contributed by atoms with Gasteiger partial charge in [0.05, 0.1) is 0 Å². The fourth-order valence-electron chi connectivity index (χ4n) is 1.78. The molecule has 0 aliphatic heterocycles. The Morgan fingerprint density at radius 3 is 1.80 bits per heavy atom. The zero-order valence-corrected chi connectivity index (χ0v) is 10.7. The van der Waals surface area contributed by atoms with E-state index in [1.165, 1.54) is 57.8 Å². The number of nitrogens with two attached hydrogens (primary N) is 1. The molecule has 0 aliphatic carbocycles. The largest absolute Gasteiger partial charge is 0.402 e. The van der Waals surface area contributed by atoms with Crippen molar-refractivity contribution in [2.24, 2.45) is 5.73 Å². The van der Waals surface area contributed by atoms with E-state index in [0.29, 0.717) is 0 Å². The Bertz CT molecular complexity index is 149. The predicted octanol–water partition coefficient (Wildman–Crippen LogP) is 4.77. The van der Waals surface area contributed by atoms with Crippen molar-refractivity contribution >= 4 is 0 Å². The third kappa shape index (κ3) is 11.5. The van der Waals surface area contributed by atoms with E-state index in [0.717, 1.165) is 12.1 Å². The van der Waals surface area contributed by atoms with Gasteiger partial charge < -0.3 is 5.73 Å². The van der Waals surface area contributed by atoms with Gasteiger partial charge in [0.2, 0.25) is 0 Å². The maximum absolute atomic E-state index is 5.73. The number of rotatable bonds is 10. The number of hydrogen-bond donors (Lipinski definition) is 1. The molecule has 0 rings (SSSR count). The van der Waals surface area contributed by atoms with E-state index >= 15 is 0 Å². The van der Waals surface area contributed by atoms with Crippen LogP contribution in [0, 0.1) is 0 Å². The van der Waals surface area contributed by atoms with Gasteiger partial charge in [-0.15, -0.1) is 0 Å². The highest BCUT2D eigenvalue weighted by molar-refractivity contribution is 4.92. The van der Waals surface area contributed by atoms with E-state index in [9.17, 15) is 0 Å². The average molecular weight is 211 g/mol. The summed E-state index contributed by atoms with van der Waals surface area (Å²) >= 11 is 0. The van der Waals surface area contributed by atoms with Gasteiger partial charge in [0.1, 0.15) is 0 Å². The molecule has 0 radical (unpaired) electrons. The Hall–Kier alpha value is -0.460. The summed E-state index contributed by atoms with van der Waals surface area (Å²) < 4.78 is 0. The minimum Gasteiger partial charge on any atom is -0.402 e. The average Bonchev–Trinajstić information content (AvgIpc) is 2.26. The molecule has 0 atom stereocenters. The minimum atomic E-state index is 1.05. The first-order valence-electron chi connectivity index (χ1n) is 6.72. The van der Waals surface area contributed by atoms with E-state index in [1.54, 1.807) is 0 Å². The van der Waals surface area contributed by atoms with E-state index in [2.05, 4.69) is 6.92 Å². The molecular weight excluding hydrogens is 182 g/mol. The van der Waals surface area contributed by atoms with Crippen LogP contribution in [0.1, 0.15) is 78.1 Å². The van der Waals surface area contributed by atoms with Gasteiger partial charge in [0.25, 0.3) is 0 Å². The standard InChI is InChI=1S/C14H29N/c1-3-5-6-7-8-9-10-11-12-13-14(15)4-2/h4H,3,5-13,15H2,1-2H3/b14-4-. The highest BCUT2D eigenvalue weighted by Gasteiger charge is 1.93. The quantitative estimate of drug-likeness (QED) is 0.517. The van der Waals surface area contributed by atoms with Crippen molar-refractivity contribution in [2.45, 2.75) is 78.1 Å². The lowest BCUT2D eigenvalue weighted by Gasteiger charge is -2.02. The molecule has 0 aliphatic rings. The lowest BCUT2D eigenvalue weighted by molar-refractivity contribution is 0.564. The van der Waals surface area contributed by atoms with Crippen LogP contribution in [-0.2, 0) is 0 Å². The van der Waals surface area contributed by atoms with Gasteiger partial charge in [-0.2, -0.15) is 0 Å². The summed E-state index contributed by atoms with van der Waals surface area (Å²) in [6, 6.07) is 0. The predicted molar refractivity (Wildman–Crippen MR) is 69.8 cm³/mol. The Balaban J connectivity index is 2.99. The van der Waals surface area contributed by atoms with Crippen LogP contribution in [0.3, 0.4) is 0 Å². The van der Waals surface area contributed by atoms with Crippen molar-refractivity contribution in [3.05, 3.63) is 11.8 Å². The molecule has 0 saturated heterocycles. The van der Waals surface area contributed by atoms with Crippen molar-refractivity contribution < 1.29 is 0 Å².